The molecule has 1 fully saturated rings. The zero-order chi connectivity index (χ0) is 14.6. The second-order valence-electron chi connectivity index (χ2n) is 6.57. The van der Waals surface area contributed by atoms with E-state index >= 15 is 0 Å². The van der Waals surface area contributed by atoms with Gasteiger partial charge in [-0.1, -0.05) is 24.6 Å². The Kier molecular flexibility index (Phi) is 2.84. The van der Waals surface area contributed by atoms with E-state index in [0.717, 1.165) is 18.8 Å². The quantitative estimate of drug-likeness (QED) is 0.849. The number of hydrogen-bond donors (Lipinski definition) is 0. The molecule has 1 aliphatic carbocycles. The lowest BCUT2D eigenvalue weighted by Gasteiger charge is -2.16. The van der Waals surface area contributed by atoms with Gasteiger partial charge in [-0.25, -0.2) is 4.98 Å². The third-order valence-electron chi connectivity index (χ3n) is 5.19. The number of rotatable bonds is 3. The van der Waals surface area contributed by atoms with Crippen molar-refractivity contribution in [3.63, 3.8) is 0 Å². The number of benzene rings is 1. The molecule has 4 rings (SSSR count). The first kappa shape index (κ1) is 12.9. The van der Waals surface area contributed by atoms with Gasteiger partial charge >= 0.3 is 0 Å². The Morgan fingerprint density at radius 2 is 2.24 bits per heavy atom. The number of aromatic nitrogens is 2. The first-order valence-electron chi connectivity index (χ1n) is 7.95. The van der Waals surface area contributed by atoms with Crippen molar-refractivity contribution in [3.8, 4) is 5.75 Å². The smallest absolute Gasteiger partial charge is 0.122 e. The normalized spacial score (nSPS) is 27.5. The number of imidazole rings is 1. The van der Waals surface area contributed by atoms with Crippen LogP contribution < -0.4 is 4.74 Å². The van der Waals surface area contributed by atoms with Gasteiger partial charge in [0.15, 0.2) is 0 Å². The summed E-state index contributed by atoms with van der Waals surface area (Å²) >= 11 is 0. The predicted octanol–water partition coefficient (Wildman–Crippen LogP) is 4.05. The van der Waals surface area contributed by atoms with Crippen LogP contribution in [0.15, 0.2) is 30.7 Å². The van der Waals surface area contributed by atoms with Crippen LogP contribution in [0.2, 0.25) is 0 Å². The molecule has 0 saturated heterocycles. The molecule has 1 saturated carbocycles. The fraction of sp³-hybridized carbons (Fsp3) is 0.500. The largest absolute Gasteiger partial charge is 0.493 e. The van der Waals surface area contributed by atoms with Crippen LogP contribution in [0.4, 0.5) is 0 Å². The molecule has 0 bridgehead atoms. The average molecular weight is 282 g/mol. The van der Waals surface area contributed by atoms with Crippen LogP contribution in [0.5, 0.6) is 5.75 Å². The Balaban J connectivity index is 1.63. The molecule has 0 N–H and O–H groups in total. The number of nitrogens with zero attached hydrogens (tertiary/aromatic N) is 2. The van der Waals surface area contributed by atoms with E-state index in [2.05, 4.69) is 54.7 Å². The monoisotopic (exact) mass is 282 g/mol. The summed E-state index contributed by atoms with van der Waals surface area (Å²) in [5, 5.41) is 0. The topological polar surface area (TPSA) is 27.1 Å². The number of fused-ring (bicyclic) bond motifs is 3. The van der Waals surface area contributed by atoms with Crippen molar-refractivity contribution in [1.29, 1.82) is 0 Å². The van der Waals surface area contributed by atoms with Crippen LogP contribution in [0, 0.1) is 12.8 Å². The molecule has 2 heterocycles. The third-order valence-corrected chi connectivity index (χ3v) is 5.19. The van der Waals surface area contributed by atoms with E-state index in [4.69, 9.17) is 4.74 Å². The summed E-state index contributed by atoms with van der Waals surface area (Å²) in [6.07, 6.45) is 5.37. The highest BCUT2D eigenvalue weighted by atomic mass is 16.5. The maximum absolute atomic E-state index is 5.92. The summed E-state index contributed by atoms with van der Waals surface area (Å²) in [6.45, 7) is 7.45. The van der Waals surface area contributed by atoms with Crippen LogP contribution in [-0.2, 0) is 0 Å². The van der Waals surface area contributed by atoms with Crippen molar-refractivity contribution in [2.24, 2.45) is 5.92 Å². The SMILES string of the molecule is CCC(C)n1cnc(C2C3COc4ccc(C)cc4C32)c1. The van der Waals surface area contributed by atoms with Crippen LogP contribution in [0.25, 0.3) is 0 Å². The van der Waals surface area contributed by atoms with Crippen molar-refractivity contribution >= 4 is 0 Å². The maximum Gasteiger partial charge on any atom is 0.122 e. The lowest BCUT2D eigenvalue weighted by molar-refractivity contribution is 0.277. The van der Waals surface area contributed by atoms with Gasteiger partial charge in [0.2, 0.25) is 0 Å². The standard InChI is InChI=1S/C18H22N2O/c1-4-12(3)20-8-15(19-10-20)18-14-9-21-16-6-5-11(2)7-13(16)17(14)18/h5-8,10,12,14,17-18H,4,9H2,1-3H3. The molecule has 1 aromatic carbocycles. The molecule has 3 heteroatoms. The highest BCUT2D eigenvalue weighted by molar-refractivity contribution is 5.48. The summed E-state index contributed by atoms with van der Waals surface area (Å²) in [6, 6.07) is 7.07. The lowest BCUT2D eigenvalue weighted by atomic mass is 10.0. The lowest BCUT2D eigenvalue weighted by Crippen LogP contribution is -2.08. The van der Waals surface area contributed by atoms with Crippen LogP contribution in [0.1, 0.15) is 55.0 Å². The average Bonchev–Trinajstić information content (AvgIpc) is 3.04. The number of hydrogen-bond acceptors (Lipinski definition) is 2. The Labute approximate surface area is 126 Å². The van der Waals surface area contributed by atoms with E-state index in [1.165, 1.54) is 16.8 Å². The molecule has 2 aliphatic rings. The molecule has 1 aromatic heterocycles. The van der Waals surface area contributed by atoms with Crippen molar-refractivity contribution < 1.29 is 4.74 Å². The summed E-state index contributed by atoms with van der Waals surface area (Å²) in [5.74, 6) is 2.83. The highest BCUT2D eigenvalue weighted by Crippen LogP contribution is 2.63. The second kappa shape index (κ2) is 4.62. The Morgan fingerprint density at radius 3 is 3.05 bits per heavy atom. The van der Waals surface area contributed by atoms with Gasteiger partial charge in [0, 0.05) is 30.0 Å². The van der Waals surface area contributed by atoms with Crippen LogP contribution >= 0.6 is 0 Å². The molecule has 110 valence electrons. The van der Waals surface area contributed by atoms with E-state index in [9.17, 15) is 0 Å². The fourth-order valence-electron chi connectivity index (χ4n) is 3.63. The summed E-state index contributed by atoms with van der Waals surface area (Å²) in [4.78, 5) is 4.67. The summed E-state index contributed by atoms with van der Waals surface area (Å²) in [7, 11) is 0. The molecule has 0 spiro atoms. The number of ether oxygens (including phenoxy) is 1. The van der Waals surface area contributed by atoms with Gasteiger partial charge < -0.3 is 9.30 Å². The molecule has 2 aromatic rings. The van der Waals surface area contributed by atoms with Crippen LogP contribution in [0.3, 0.4) is 0 Å². The maximum atomic E-state index is 5.92. The van der Waals surface area contributed by atoms with E-state index < -0.39 is 0 Å². The van der Waals surface area contributed by atoms with Crippen molar-refractivity contribution in [2.75, 3.05) is 6.61 Å². The fourth-order valence-corrected chi connectivity index (χ4v) is 3.63. The van der Waals surface area contributed by atoms with E-state index in [1.807, 2.05) is 6.33 Å². The molecule has 4 atom stereocenters. The van der Waals surface area contributed by atoms with Crippen LogP contribution in [-0.4, -0.2) is 16.2 Å². The van der Waals surface area contributed by atoms with Crippen molar-refractivity contribution in [3.05, 3.63) is 47.5 Å². The van der Waals surface area contributed by atoms with Gasteiger partial charge in [-0.3, -0.25) is 0 Å². The Morgan fingerprint density at radius 1 is 1.38 bits per heavy atom. The molecule has 4 unspecified atom stereocenters. The summed E-state index contributed by atoms with van der Waals surface area (Å²) < 4.78 is 8.17. The third kappa shape index (κ3) is 1.98. The molecule has 0 radical (unpaired) electrons. The zero-order valence-corrected chi connectivity index (χ0v) is 12.9. The molecular formula is C18H22N2O. The molecule has 1 aliphatic heterocycles. The molecule has 3 nitrogen and oxygen atoms in total. The van der Waals surface area contributed by atoms with Gasteiger partial charge in [0.1, 0.15) is 5.75 Å². The minimum Gasteiger partial charge on any atom is -0.493 e. The Bertz CT molecular complexity index is 676. The van der Waals surface area contributed by atoms with Gasteiger partial charge in [-0.15, -0.1) is 0 Å². The highest BCUT2D eigenvalue weighted by Gasteiger charge is 2.56. The van der Waals surface area contributed by atoms with E-state index in [0.29, 0.717) is 23.8 Å². The van der Waals surface area contributed by atoms with Crippen molar-refractivity contribution in [1.82, 2.24) is 9.55 Å². The predicted molar refractivity (Wildman–Crippen MR) is 82.9 cm³/mol. The zero-order valence-electron chi connectivity index (χ0n) is 12.9. The number of aryl methyl sites for hydroxylation is 1. The minimum atomic E-state index is 0.526. The van der Waals surface area contributed by atoms with E-state index in [1.54, 1.807) is 0 Å². The first-order chi connectivity index (χ1) is 10.2. The van der Waals surface area contributed by atoms with Crippen molar-refractivity contribution in [2.45, 2.75) is 45.1 Å². The van der Waals surface area contributed by atoms with E-state index in [-0.39, 0.29) is 0 Å². The van der Waals surface area contributed by atoms with Gasteiger partial charge in [0.05, 0.1) is 18.6 Å². The first-order valence-corrected chi connectivity index (χ1v) is 7.95. The Hall–Kier alpha value is -1.77. The molecular weight excluding hydrogens is 260 g/mol. The second-order valence-corrected chi connectivity index (χ2v) is 6.57. The molecule has 21 heavy (non-hydrogen) atoms. The van der Waals surface area contributed by atoms with Gasteiger partial charge in [0.25, 0.3) is 0 Å². The molecule has 0 amide bonds. The minimum absolute atomic E-state index is 0.526. The summed E-state index contributed by atoms with van der Waals surface area (Å²) in [5.41, 5.74) is 3.94. The van der Waals surface area contributed by atoms with Gasteiger partial charge in [-0.2, -0.15) is 0 Å². The van der Waals surface area contributed by atoms with Gasteiger partial charge in [-0.05, 0) is 31.9 Å².